The molecule has 0 aliphatic heterocycles. The molecule has 7 heteroatoms. The van der Waals surface area contributed by atoms with Gasteiger partial charge in [-0.1, -0.05) is 0 Å². The molecule has 1 fully saturated rings. The summed E-state index contributed by atoms with van der Waals surface area (Å²) in [7, 11) is 0. The van der Waals surface area contributed by atoms with E-state index < -0.39 is 4.92 Å². The van der Waals surface area contributed by atoms with E-state index in [1.54, 1.807) is 12.1 Å². The van der Waals surface area contributed by atoms with Gasteiger partial charge in [-0.05, 0) is 43.9 Å². The van der Waals surface area contributed by atoms with Crippen molar-refractivity contribution in [2.45, 2.75) is 31.8 Å². The van der Waals surface area contributed by atoms with E-state index in [-0.39, 0.29) is 23.3 Å². The zero-order chi connectivity index (χ0) is 16.9. The van der Waals surface area contributed by atoms with E-state index in [0.29, 0.717) is 17.6 Å². The summed E-state index contributed by atoms with van der Waals surface area (Å²) >= 11 is 0. The molecule has 0 saturated heterocycles. The first kappa shape index (κ1) is 15.9. The number of carbonyl (C=O) groups is 1. The van der Waals surface area contributed by atoms with Crippen LogP contribution in [-0.2, 0) is 0 Å². The van der Waals surface area contributed by atoms with Crippen molar-refractivity contribution in [3.8, 4) is 17.2 Å². The minimum atomic E-state index is -0.544. The summed E-state index contributed by atoms with van der Waals surface area (Å²) in [5.41, 5.74) is 0.198. The Morgan fingerprint density at radius 3 is 2.67 bits per heavy atom. The summed E-state index contributed by atoms with van der Waals surface area (Å²) in [4.78, 5) is 25.5. The van der Waals surface area contributed by atoms with Crippen molar-refractivity contribution < 1.29 is 19.2 Å². The van der Waals surface area contributed by atoms with Crippen molar-refractivity contribution in [1.29, 1.82) is 0 Å². The minimum absolute atomic E-state index is 0.00169. The van der Waals surface area contributed by atoms with Gasteiger partial charge in [-0.25, -0.2) is 0 Å². The van der Waals surface area contributed by atoms with Crippen LogP contribution >= 0.6 is 0 Å². The summed E-state index contributed by atoms with van der Waals surface area (Å²) in [5, 5.41) is 11.1. The Bertz CT molecular complexity index is 756. The van der Waals surface area contributed by atoms with Gasteiger partial charge >= 0.3 is 5.69 Å². The number of hydrogen-bond acceptors (Lipinski definition) is 6. The predicted molar refractivity (Wildman–Crippen MR) is 85.7 cm³/mol. The number of hydrogen-bond donors (Lipinski definition) is 0. The van der Waals surface area contributed by atoms with Crippen LogP contribution in [0.15, 0.2) is 36.7 Å². The molecule has 1 aliphatic rings. The Morgan fingerprint density at radius 1 is 1.17 bits per heavy atom. The number of benzene rings is 1. The smallest absolute Gasteiger partial charge is 0.314 e. The lowest BCUT2D eigenvalue weighted by molar-refractivity contribution is -0.385. The van der Waals surface area contributed by atoms with Crippen molar-refractivity contribution in [3.05, 3.63) is 52.3 Å². The van der Waals surface area contributed by atoms with Crippen LogP contribution in [0.4, 0.5) is 5.69 Å². The summed E-state index contributed by atoms with van der Waals surface area (Å²) in [6.07, 6.45) is 7.52. The lowest BCUT2D eigenvalue weighted by Crippen LogP contribution is -2.11. The van der Waals surface area contributed by atoms with Gasteiger partial charge in [-0.3, -0.25) is 19.9 Å². The van der Waals surface area contributed by atoms with Gasteiger partial charge in [0.2, 0.25) is 5.75 Å². The normalized spacial score (nSPS) is 14.3. The van der Waals surface area contributed by atoms with E-state index in [0.717, 1.165) is 25.7 Å². The molecule has 1 aromatic carbocycles. The summed E-state index contributed by atoms with van der Waals surface area (Å²) < 4.78 is 11.6. The van der Waals surface area contributed by atoms with Gasteiger partial charge in [0.15, 0.2) is 11.5 Å². The molecular weight excluding hydrogens is 312 g/mol. The van der Waals surface area contributed by atoms with Gasteiger partial charge in [0.1, 0.15) is 6.29 Å². The number of aromatic nitrogens is 1. The van der Waals surface area contributed by atoms with Gasteiger partial charge in [0.05, 0.1) is 17.2 Å². The number of rotatable bonds is 6. The summed E-state index contributed by atoms with van der Waals surface area (Å²) in [5.74, 6) is 0.732. The second-order valence-electron chi connectivity index (χ2n) is 5.55. The fourth-order valence-corrected chi connectivity index (χ4v) is 2.68. The van der Waals surface area contributed by atoms with Crippen molar-refractivity contribution >= 4 is 12.0 Å². The number of nitrogens with zero attached hydrogens (tertiary/aromatic N) is 2. The molecule has 0 unspecified atom stereocenters. The molecule has 24 heavy (non-hydrogen) atoms. The molecule has 0 spiro atoms. The Kier molecular flexibility index (Phi) is 4.69. The highest BCUT2D eigenvalue weighted by Crippen LogP contribution is 2.37. The zero-order valence-electron chi connectivity index (χ0n) is 12.9. The van der Waals surface area contributed by atoms with Crippen LogP contribution in [0.5, 0.6) is 17.2 Å². The van der Waals surface area contributed by atoms with E-state index >= 15 is 0 Å². The average Bonchev–Trinajstić information content (AvgIpc) is 3.10. The first-order valence-corrected chi connectivity index (χ1v) is 7.69. The number of aldehydes is 1. The third-order valence-corrected chi connectivity index (χ3v) is 3.88. The molecule has 0 amide bonds. The maximum Gasteiger partial charge on any atom is 0.314 e. The van der Waals surface area contributed by atoms with Gasteiger partial charge in [-0.15, -0.1) is 0 Å². The van der Waals surface area contributed by atoms with Crippen molar-refractivity contribution in [2.75, 3.05) is 0 Å². The molecule has 0 bridgehead atoms. The molecule has 1 aromatic heterocycles. The van der Waals surface area contributed by atoms with E-state index in [9.17, 15) is 14.9 Å². The van der Waals surface area contributed by atoms with Crippen LogP contribution in [0.3, 0.4) is 0 Å². The van der Waals surface area contributed by atoms with Gasteiger partial charge in [0.25, 0.3) is 0 Å². The molecule has 1 heterocycles. The highest BCUT2D eigenvalue weighted by Gasteiger charge is 2.21. The van der Waals surface area contributed by atoms with Crippen LogP contribution in [0, 0.1) is 10.1 Å². The van der Waals surface area contributed by atoms with E-state index in [4.69, 9.17) is 9.47 Å². The van der Waals surface area contributed by atoms with Crippen LogP contribution < -0.4 is 9.47 Å². The van der Waals surface area contributed by atoms with Crippen LogP contribution in [-0.4, -0.2) is 22.3 Å². The highest BCUT2D eigenvalue weighted by molar-refractivity contribution is 5.76. The quantitative estimate of drug-likeness (QED) is 0.453. The molecular formula is C17H16N2O5. The lowest BCUT2D eigenvalue weighted by Gasteiger charge is -2.17. The average molecular weight is 328 g/mol. The Morgan fingerprint density at radius 2 is 1.96 bits per heavy atom. The molecule has 0 N–H and O–H groups in total. The first-order chi connectivity index (χ1) is 11.7. The summed E-state index contributed by atoms with van der Waals surface area (Å²) in [6, 6.07) is 6.05. The molecule has 7 nitrogen and oxygen atoms in total. The van der Waals surface area contributed by atoms with Crippen molar-refractivity contribution in [3.63, 3.8) is 0 Å². The lowest BCUT2D eigenvalue weighted by atomic mass is 10.2. The molecule has 0 atom stereocenters. The Labute approximate surface area is 138 Å². The summed E-state index contributed by atoms with van der Waals surface area (Å²) in [6.45, 7) is 0. The highest BCUT2D eigenvalue weighted by atomic mass is 16.6. The zero-order valence-corrected chi connectivity index (χ0v) is 12.9. The van der Waals surface area contributed by atoms with Gasteiger partial charge < -0.3 is 9.47 Å². The van der Waals surface area contributed by atoms with E-state index in [1.807, 2.05) is 0 Å². The number of ether oxygens (including phenoxy) is 2. The molecule has 1 saturated carbocycles. The molecule has 124 valence electrons. The second kappa shape index (κ2) is 7.08. The number of carbonyl (C=O) groups excluding carboxylic acids is 1. The SMILES string of the molecule is O=Cc1ccc(OC2CCCC2)c(Oc2cnccc2[N+](=O)[O-])c1. The van der Waals surface area contributed by atoms with Crippen LogP contribution in [0.25, 0.3) is 0 Å². The molecule has 2 aromatic rings. The van der Waals surface area contributed by atoms with Crippen LogP contribution in [0.2, 0.25) is 0 Å². The Balaban J connectivity index is 1.93. The number of nitro groups is 1. The molecule has 1 aliphatic carbocycles. The largest absolute Gasteiger partial charge is 0.487 e. The second-order valence-corrected chi connectivity index (χ2v) is 5.55. The number of pyridine rings is 1. The third-order valence-electron chi connectivity index (χ3n) is 3.88. The minimum Gasteiger partial charge on any atom is -0.487 e. The van der Waals surface area contributed by atoms with Gasteiger partial charge in [-0.2, -0.15) is 0 Å². The van der Waals surface area contributed by atoms with E-state index in [1.165, 1.54) is 24.5 Å². The molecule has 3 rings (SSSR count). The maximum atomic E-state index is 11.1. The topological polar surface area (TPSA) is 91.6 Å². The van der Waals surface area contributed by atoms with Crippen molar-refractivity contribution in [1.82, 2.24) is 4.98 Å². The third kappa shape index (κ3) is 3.51. The standard InChI is InChI=1S/C17H16N2O5/c20-11-12-5-6-15(23-13-3-1-2-4-13)16(9-12)24-17-10-18-8-7-14(17)19(21)22/h5-11,13H,1-4H2. The monoisotopic (exact) mass is 328 g/mol. The fourth-order valence-electron chi connectivity index (χ4n) is 2.68. The van der Waals surface area contributed by atoms with Gasteiger partial charge in [0, 0.05) is 17.8 Å². The Hall–Kier alpha value is -2.96. The first-order valence-electron chi connectivity index (χ1n) is 7.69. The van der Waals surface area contributed by atoms with Crippen LogP contribution in [0.1, 0.15) is 36.0 Å². The predicted octanol–water partition coefficient (Wildman–Crippen LogP) is 3.92. The fraction of sp³-hybridized carbons (Fsp3) is 0.294. The van der Waals surface area contributed by atoms with Crippen molar-refractivity contribution in [2.24, 2.45) is 0 Å². The van der Waals surface area contributed by atoms with E-state index in [2.05, 4.69) is 4.98 Å². The molecule has 0 radical (unpaired) electrons. The maximum absolute atomic E-state index is 11.1.